The van der Waals surface area contributed by atoms with Gasteiger partial charge in [0.1, 0.15) is 0 Å². The zero-order valence-corrected chi connectivity index (χ0v) is 9.90. The lowest BCUT2D eigenvalue weighted by atomic mass is 10.1. The van der Waals surface area contributed by atoms with Crippen molar-refractivity contribution in [3.63, 3.8) is 0 Å². The topological polar surface area (TPSA) is 35.2 Å². The normalized spacial score (nSPS) is 10.4. The second-order valence-electron chi connectivity index (χ2n) is 3.47. The van der Waals surface area contributed by atoms with Gasteiger partial charge in [-0.15, -0.1) is 11.3 Å². The fourth-order valence-electron chi connectivity index (χ4n) is 1.66. The fourth-order valence-corrected chi connectivity index (χ4v) is 2.44. The summed E-state index contributed by atoms with van der Waals surface area (Å²) in [5.41, 5.74) is 8.23. The van der Waals surface area contributed by atoms with E-state index < -0.39 is 0 Å². The van der Waals surface area contributed by atoms with Gasteiger partial charge in [0.25, 0.3) is 0 Å². The van der Waals surface area contributed by atoms with Crippen LogP contribution in [0.2, 0.25) is 0 Å². The summed E-state index contributed by atoms with van der Waals surface area (Å²) in [5, 5.41) is 1.87. The van der Waals surface area contributed by atoms with E-state index in [4.69, 9.17) is 10.5 Å². The van der Waals surface area contributed by atoms with E-state index in [1.54, 1.807) is 17.4 Å². The molecule has 0 spiro atoms. The molecule has 0 aliphatic rings. The smallest absolute Gasteiger partial charge is 0.165 e. The minimum atomic E-state index is -0.370. The molecule has 0 amide bonds. The number of thiophene rings is 1. The third-order valence-corrected chi connectivity index (χ3v) is 3.37. The number of nitrogens with two attached hydrogens (primary N) is 1. The largest absolute Gasteiger partial charge is 0.494 e. The molecule has 2 rings (SSSR count). The first-order valence-electron chi connectivity index (χ1n) is 4.81. The molecule has 0 saturated carbocycles. The van der Waals surface area contributed by atoms with Gasteiger partial charge in [-0.25, -0.2) is 4.39 Å². The molecule has 4 heteroatoms. The molecule has 0 bridgehead atoms. The van der Waals surface area contributed by atoms with Crippen molar-refractivity contribution in [1.82, 2.24) is 0 Å². The summed E-state index contributed by atoms with van der Waals surface area (Å²) >= 11 is 1.56. The molecule has 2 aromatic rings. The van der Waals surface area contributed by atoms with Crippen LogP contribution in [-0.2, 0) is 0 Å². The number of methoxy groups -OCH3 is 1. The molecule has 1 heterocycles. The standard InChI is InChI=1S/C12H12FNOS/c1-7-12(10(14)6-16-7)8-3-4-11(15-2)9(13)5-8/h3-6H,14H2,1-2H3. The van der Waals surface area contributed by atoms with Crippen LogP contribution in [0.25, 0.3) is 11.1 Å². The van der Waals surface area contributed by atoms with Crippen LogP contribution in [0, 0.1) is 12.7 Å². The molecular weight excluding hydrogens is 225 g/mol. The number of rotatable bonds is 2. The molecule has 0 saturated heterocycles. The number of benzene rings is 1. The number of nitrogen functional groups attached to an aromatic ring is 1. The van der Waals surface area contributed by atoms with Crippen molar-refractivity contribution in [2.75, 3.05) is 12.8 Å². The summed E-state index contributed by atoms with van der Waals surface area (Å²) in [5.74, 6) is -0.125. The van der Waals surface area contributed by atoms with Gasteiger partial charge in [0.05, 0.1) is 12.8 Å². The van der Waals surface area contributed by atoms with E-state index in [9.17, 15) is 4.39 Å². The van der Waals surface area contributed by atoms with Crippen LogP contribution in [0.1, 0.15) is 4.88 Å². The Balaban J connectivity index is 2.53. The van der Waals surface area contributed by atoms with Crippen molar-refractivity contribution in [1.29, 1.82) is 0 Å². The number of hydrogen-bond acceptors (Lipinski definition) is 3. The third-order valence-electron chi connectivity index (χ3n) is 2.44. The summed E-state index contributed by atoms with van der Waals surface area (Å²) in [6.45, 7) is 1.97. The van der Waals surface area contributed by atoms with Crippen molar-refractivity contribution in [3.05, 3.63) is 34.3 Å². The van der Waals surface area contributed by atoms with Gasteiger partial charge in [0, 0.05) is 15.8 Å². The number of halogens is 1. The summed E-state index contributed by atoms with van der Waals surface area (Å²) < 4.78 is 18.4. The number of aryl methyl sites for hydroxylation is 1. The average molecular weight is 237 g/mol. The van der Waals surface area contributed by atoms with Crippen molar-refractivity contribution < 1.29 is 9.13 Å². The molecule has 0 unspecified atom stereocenters. The maximum Gasteiger partial charge on any atom is 0.165 e. The van der Waals surface area contributed by atoms with E-state index in [1.165, 1.54) is 13.2 Å². The lowest BCUT2D eigenvalue weighted by Gasteiger charge is -2.06. The van der Waals surface area contributed by atoms with Gasteiger partial charge >= 0.3 is 0 Å². The average Bonchev–Trinajstić information content (AvgIpc) is 2.58. The molecular formula is C12H12FNOS. The lowest BCUT2D eigenvalue weighted by molar-refractivity contribution is 0.386. The lowest BCUT2D eigenvalue weighted by Crippen LogP contribution is -1.91. The Morgan fingerprint density at radius 3 is 2.62 bits per heavy atom. The van der Waals surface area contributed by atoms with Crippen molar-refractivity contribution in [2.45, 2.75) is 6.92 Å². The Kier molecular flexibility index (Phi) is 2.83. The molecule has 1 aromatic heterocycles. The van der Waals surface area contributed by atoms with E-state index in [0.717, 1.165) is 16.0 Å². The highest BCUT2D eigenvalue weighted by Crippen LogP contribution is 2.35. The molecule has 0 fully saturated rings. The maximum absolute atomic E-state index is 13.5. The van der Waals surface area contributed by atoms with E-state index >= 15 is 0 Å². The Labute approximate surface area is 97.5 Å². The Bertz CT molecular complexity index is 502. The third kappa shape index (κ3) is 1.76. The van der Waals surface area contributed by atoms with E-state index in [-0.39, 0.29) is 11.6 Å². The van der Waals surface area contributed by atoms with Gasteiger partial charge in [0.2, 0.25) is 0 Å². The molecule has 16 heavy (non-hydrogen) atoms. The second kappa shape index (κ2) is 4.14. The first kappa shape index (κ1) is 11.0. The molecule has 0 aliphatic carbocycles. The van der Waals surface area contributed by atoms with Crippen LogP contribution in [0.5, 0.6) is 5.75 Å². The van der Waals surface area contributed by atoms with Gasteiger partial charge in [-0.05, 0) is 24.6 Å². The van der Waals surface area contributed by atoms with Crippen molar-refractivity contribution in [3.8, 4) is 16.9 Å². The summed E-state index contributed by atoms with van der Waals surface area (Å²) in [6, 6.07) is 4.87. The first-order valence-corrected chi connectivity index (χ1v) is 5.69. The summed E-state index contributed by atoms with van der Waals surface area (Å²) in [4.78, 5) is 1.09. The van der Waals surface area contributed by atoms with E-state index in [1.807, 2.05) is 18.4 Å². The summed E-state index contributed by atoms with van der Waals surface area (Å²) in [7, 11) is 1.45. The Morgan fingerprint density at radius 2 is 2.12 bits per heavy atom. The molecule has 0 aliphatic heterocycles. The van der Waals surface area contributed by atoms with Gasteiger partial charge in [0.15, 0.2) is 11.6 Å². The van der Waals surface area contributed by atoms with Gasteiger partial charge in [-0.1, -0.05) is 6.07 Å². The highest BCUT2D eigenvalue weighted by molar-refractivity contribution is 7.11. The number of hydrogen-bond donors (Lipinski definition) is 1. The Hall–Kier alpha value is -1.55. The highest BCUT2D eigenvalue weighted by Gasteiger charge is 2.11. The van der Waals surface area contributed by atoms with Crippen LogP contribution >= 0.6 is 11.3 Å². The Morgan fingerprint density at radius 1 is 1.38 bits per heavy atom. The highest BCUT2D eigenvalue weighted by atomic mass is 32.1. The SMILES string of the molecule is COc1ccc(-c2c(N)csc2C)cc1F. The minimum Gasteiger partial charge on any atom is -0.494 e. The maximum atomic E-state index is 13.5. The predicted octanol–water partition coefficient (Wildman–Crippen LogP) is 3.45. The number of ether oxygens (including phenoxy) is 1. The molecule has 84 valence electrons. The quantitative estimate of drug-likeness (QED) is 0.868. The van der Waals surface area contributed by atoms with E-state index in [0.29, 0.717) is 5.69 Å². The van der Waals surface area contributed by atoms with Crippen LogP contribution < -0.4 is 10.5 Å². The van der Waals surface area contributed by atoms with E-state index in [2.05, 4.69) is 0 Å². The zero-order chi connectivity index (χ0) is 11.7. The molecule has 0 radical (unpaired) electrons. The molecule has 2 nitrogen and oxygen atoms in total. The molecule has 2 N–H and O–H groups in total. The minimum absolute atomic E-state index is 0.246. The van der Waals surface area contributed by atoms with Gasteiger partial charge in [-0.2, -0.15) is 0 Å². The predicted molar refractivity (Wildman–Crippen MR) is 65.4 cm³/mol. The van der Waals surface area contributed by atoms with Crippen molar-refractivity contribution >= 4 is 17.0 Å². The van der Waals surface area contributed by atoms with Gasteiger partial charge in [-0.3, -0.25) is 0 Å². The molecule has 0 atom stereocenters. The van der Waals surface area contributed by atoms with Crippen LogP contribution in [0.3, 0.4) is 0 Å². The first-order chi connectivity index (χ1) is 7.63. The van der Waals surface area contributed by atoms with Crippen LogP contribution in [-0.4, -0.2) is 7.11 Å². The van der Waals surface area contributed by atoms with Gasteiger partial charge < -0.3 is 10.5 Å². The monoisotopic (exact) mass is 237 g/mol. The van der Waals surface area contributed by atoms with Crippen LogP contribution in [0.15, 0.2) is 23.6 Å². The van der Waals surface area contributed by atoms with Crippen LogP contribution in [0.4, 0.5) is 10.1 Å². The summed E-state index contributed by atoms with van der Waals surface area (Å²) in [6.07, 6.45) is 0. The fraction of sp³-hybridized carbons (Fsp3) is 0.167. The second-order valence-corrected chi connectivity index (χ2v) is 4.56. The zero-order valence-electron chi connectivity index (χ0n) is 9.08. The molecule has 1 aromatic carbocycles. The van der Waals surface area contributed by atoms with Crippen molar-refractivity contribution in [2.24, 2.45) is 0 Å². The number of anilines is 1.